The molecule has 0 radical (unpaired) electrons. The van der Waals surface area contributed by atoms with E-state index >= 15 is 0 Å². The maximum Gasteiger partial charge on any atom is 0.329 e. The molecule has 3 aromatic carbocycles. The number of carbonyl (C=O) groups is 1. The number of esters is 1. The Morgan fingerprint density at radius 2 is 1.88 bits per heavy atom. The predicted molar refractivity (Wildman–Crippen MR) is 134 cm³/mol. The van der Waals surface area contributed by atoms with Crippen molar-refractivity contribution >= 4 is 32.7 Å². The zero-order chi connectivity index (χ0) is 23.5. The first-order valence-electron chi connectivity index (χ1n) is 11.3. The van der Waals surface area contributed by atoms with E-state index in [0.717, 1.165) is 32.0 Å². The van der Waals surface area contributed by atoms with E-state index < -0.39 is 6.04 Å². The molecule has 0 spiro atoms. The fraction of sp³-hybridized carbons (Fsp3) is 0.259. The summed E-state index contributed by atoms with van der Waals surface area (Å²) in [6, 6.07) is 21.5. The Kier molecular flexibility index (Phi) is 6.36. The molecule has 0 aliphatic carbocycles. The molecule has 1 aromatic heterocycles. The number of anilines is 1. The molecule has 0 saturated carbocycles. The molecule has 34 heavy (non-hydrogen) atoms. The number of fused-ring (bicyclic) bond motifs is 2. The van der Waals surface area contributed by atoms with Crippen LogP contribution < -0.4 is 14.4 Å². The number of nitrogens with zero attached hydrogens (tertiary/aromatic N) is 2. The maximum absolute atomic E-state index is 13.1. The maximum atomic E-state index is 13.1. The fourth-order valence-corrected chi connectivity index (χ4v) is 5.31. The van der Waals surface area contributed by atoms with Gasteiger partial charge in [-0.15, -0.1) is 0 Å². The molecule has 0 amide bonds. The highest BCUT2D eigenvalue weighted by Gasteiger charge is 2.36. The van der Waals surface area contributed by atoms with E-state index in [1.165, 1.54) is 0 Å². The lowest BCUT2D eigenvalue weighted by atomic mass is 9.93. The normalized spacial score (nSPS) is 15.1. The summed E-state index contributed by atoms with van der Waals surface area (Å²) in [6.07, 6.45) is 0.450. The van der Waals surface area contributed by atoms with Gasteiger partial charge in [-0.05, 0) is 36.2 Å². The third kappa shape index (κ3) is 4.31. The number of rotatable bonds is 7. The van der Waals surface area contributed by atoms with Crippen LogP contribution in [0, 0.1) is 0 Å². The van der Waals surface area contributed by atoms with Gasteiger partial charge >= 0.3 is 5.97 Å². The van der Waals surface area contributed by atoms with Crippen LogP contribution in [0.3, 0.4) is 0 Å². The number of para-hydroxylation sites is 1. The van der Waals surface area contributed by atoms with Crippen LogP contribution in [0.4, 0.5) is 5.13 Å². The molecule has 1 atom stereocenters. The standard InChI is InChI=1S/C27H26N2O4S/c1-3-32-26(30)22-15-20-19(16-29(22)27-28-21-11-7-8-12-24(21)34-27)13-14-23(31-2)25(20)33-17-18-9-5-4-6-10-18/h4-14,22H,3,15-17H2,1-2H3. The Balaban J connectivity index is 1.53. The van der Waals surface area contributed by atoms with E-state index in [1.807, 2.05) is 73.7 Å². The topological polar surface area (TPSA) is 60.9 Å². The van der Waals surface area contributed by atoms with E-state index in [0.29, 0.717) is 37.7 Å². The van der Waals surface area contributed by atoms with Gasteiger partial charge in [0.25, 0.3) is 0 Å². The van der Waals surface area contributed by atoms with Crippen molar-refractivity contribution in [2.75, 3.05) is 18.6 Å². The Morgan fingerprint density at radius 3 is 2.65 bits per heavy atom. The van der Waals surface area contributed by atoms with Crippen LogP contribution in [0.2, 0.25) is 0 Å². The van der Waals surface area contributed by atoms with Crippen molar-refractivity contribution in [2.24, 2.45) is 0 Å². The van der Waals surface area contributed by atoms with Crippen molar-refractivity contribution in [1.29, 1.82) is 0 Å². The first kappa shape index (κ1) is 22.2. The van der Waals surface area contributed by atoms with E-state index in [-0.39, 0.29) is 5.97 Å². The Morgan fingerprint density at radius 1 is 1.09 bits per heavy atom. The Bertz CT molecular complexity index is 1270. The molecule has 174 valence electrons. The van der Waals surface area contributed by atoms with Gasteiger partial charge in [-0.1, -0.05) is 59.9 Å². The number of aromatic nitrogens is 1. The molecule has 4 aromatic rings. The van der Waals surface area contributed by atoms with Crippen molar-refractivity contribution in [1.82, 2.24) is 4.98 Å². The molecule has 1 unspecified atom stereocenters. The quantitative estimate of drug-likeness (QED) is 0.335. The second kappa shape index (κ2) is 9.73. The van der Waals surface area contributed by atoms with Gasteiger partial charge in [-0.2, -0.15) is 0 Å². The van der Waals surface area contributed by atoms with Crippen molar-refractivity contribution in [3.8, 4) is 11.5 Å². The van der Waals surface area contributed by atoms with Crippen molar-refractivity contribution in [3.63, 3.8) is 0 Å². The second-order valence-electron chi connectivity index (χ2n) is 8.07. The number of ether oxygens (including phenoxy) is 3. The molecule has 6 nitrogen and oxygen atoms in total. The average molecular weight is 475 g/mol. The Hall–Kier alpha value is -3.58. The number of hydrogen-bond acceptors (Lipinski definition) is 7. The molecule has 1 aliphatic rings. The SMILES string of the molecule is CCOC(=O)C1Cc2c(ccc(OC)c2OCc2ccccc2)CN1c1nc2ccccc2s1. The molecule has 0 fully saturated rings. The zero-order valence-electron chi connectivity index (χ0n) is 19.2. The van der Waals surface area contributed by atoms with Gasteiger partial charge in [-0.25, -0.2) is 9.78 Å². The van der Waals surface area contributed by atoms with Gasteiger partial charge in [0.2, 0.25) is 0 Å². The smallest absolute Gasteiger partial charge is 0.329 e. The average Bonchev–Trinajstić information content (AvgIpc) is 3.31. The lowest BCUT2D eigenvalue weighted by Gasteiger charge is -2.36. The van der Waals surface area contributed by atoms with Gasteiger partial charge in [0, 0.05) is 18.5 Å². The van der Waals surface area contributed by atoms with Crippen molar-refractivity contribution < 1.29 is 19.0 Å². The van der Waals surface area contributed by atoms with E-state index in [2.05, 4.69) is 4.90 Å². The molecule has 0 bridgehead atoms. The fourth-order valence-electron chi connectivity index (χ4n) is 4.30. The number of benzene rings is 3. The molecule has 1 aliphatic heterocycles. The third-order valence-electron chi connectivity index (χ3n) is 5.97. The zero-order valence-corrected chi connectivity index (χ0v) is 20.0. The second-order valence-corrected chi connectivity index (χ2v) is 9.08. The van der Waals surface area contributed by atoms with Crippen LogP contribution in [0.1, 0.15) is 23.6 Å². The Labute approximate surface area is 202 Å². The number of methoxy groups -OCH3 is 1. The van der Waals surface area contributed by atoms with Crippen LogP contribution in [0.25, 0.3) is 10.2 Å². The number of thiazole rings is 1. The van der Waals surface area contributed by atoms with Gasteiger partial charge < -0.3 is 19.1 Å². The summed E-state index contributed by atoms with van der Waals surface area (Å²) >= 11 is 1.59. The van der Waals surface area contributed by atoms with Gasteiger partial charge in [0.1, 0.15) is 12.6 Å². The monoisotopic (exact) mass is 474 g/mol. The molecule has 2 heterocycles. The summed E-state index contributed by atoms with van der Waals surface area (Å²) in [7, 11) is 1.64. The third-order valence-corrected chi connectivity index (χ3v) is 7.04. The largest absolute Gasteiger partial charge is 0.493 e. The summed E-state index contributed by atoms with van der Waals surface area (Å²) in [4.78, 5) is 20.0. The molecule has 7 heteroatoms. The molecular weight excluding hydrogens is 448 g/mol. The van der Waals surface area contributed by atoms with Gasteiger partial charge in [-0.3, -0.25) is 0 Å². The highest BCUT2D eigenvalue weighted by molar-refractivity contribution is 7.22. The summed E-state index contributed by atoms with van der Waals surface area (Å²) in [5.41, 5.74) is 4.06. The van der Waals surface area contributed by atoms with Crippen LogP contribution in [-0.4, -0.2) is 30.7 Å². The minimum absolute atomic E-state index is 0.260. The van der Waals surface area contributed by atoms with E-state index in [9.17, 15) is 4.79 Å². The van der Waals surface area contributed by atoms with Crippen LogP contribution in [0.5, 0.6) is 11.5 Å². The summed E-state index contributed by atoms with van der Waals surface area (Å²) in [5.74, 6) is 1.08. The molecule has 0 N–H and O–H groups in total. The molecule has 0 saturated heterocycles. The minimum atomic E-state index is -0.501. The van der Waals surface area contributed by atoms with Crippen LogP contribution in [0.15, 0.2) is 66.7 Å². The highest BCUT2D eigenvalue weighted by atomic mass is 32.1. The lowest BCUT2D eigenvalue weighted by Crippen LogP contribution is -2.46. The van der Waals surface area contributed by atoms with E-state index in [4.69, 9.17) is 19.2 Å². The first-order valence-corrected chi connectivity index (χ1v) is 12.1. The van der Waals surface area contributed by atoms with Crippen LogP contribution in [-0.2, 0) is 29.1 Å². The summed E-state index contributed by atoms with van der Waals surface area (Å²) in [6.45, 7) is 3.10. The van der Waals surface area contributed by atoms with Gasteiger partial charge in [0.05, 0.1) is 23.9 Å². The molecule has 5 rings (SSSR count). The first-order chi connectivity index (χ1) is 16.7. The van der Waals surface area contributed by atoms with E-state index in [1.54, 1.807) is 18.4 Å². The van der Waals surface area contributed by atoms with Crippen molar-refractivity contribution in [3.05, 3.63) is 83.4 Å². The highest BCUT2D eigenvalue weighted by Crippen LogP contribution is 2.41. The number of carbonyl (C=O) groups excluding carboxylic acids is 1. The number of hydrogen-bond donors (Lipinski definition) is 0. The predicted octanol–water partition coefficient (Wildman–Crippen LogP) is 5.38. The summed E-state index contributed by atoms with van der Waals surface area (Å²) < 4.78 is 18.5. The lowest BCUT2D eigenvalue weighted by molar-refractivity contribution is -0.144. The van der Waals surface area contributed by atoms with Crippen LogP contribution >= 0.6 is 11.3 Å². The van der Waals surface area contributed by atoms with Gasteiger partial charge in [0.15, 0.2) is 16.6 Å². The summed E-state index contributed by atoms with van der Waals surface area (Å²) in [5, 5.41) is 0.812. The van der Waals surface area contributed by atoms with Crippen molar-refractivity contribution in [2.45, 2.75) is 32.5 Å². The minimum Gasteiger partial charge on any atom is -0.493 e. The molecular formula is C27H26N2O4S.